The fourth-order valence-corrected chi connectivity index (χ4v) is 2.64. The lowest BCUT2D eigenvalue weighted by Gasteiger charge is -2.02. The average Bonchev–Trinajstić information content (AvgIpc) is 3.08. The summed E-state index contributed by atoms with van der Waals surface area (Å²) in [5.41, 5.74) is 1.79. The van der Waals surface area contributed by atoms with Crippen molar-refractivity contribution in [1.29, 1.82) is 0 Å². The lowest BCUT2D eigenvalue weighted by atomic mass is 10.2. The second-order valence-electron chi connectivity index (χ2n) is 4.97. The zero-order valence-corrected chi connectivity index (χ0v) is 16.0. The Hall–Kier alpha value is -2.25. The van der Waals surface area contributed by atoms with Crippen molar-refractivity contribution >= 4 is 34.5 Å². The first-order chi connectivity index (χ1) is 11.7. The van der Waals surface area contributed by atoms with Gasteiger partial charge in [-0.1, -0.05) is 30.3 Å². The highest BCUT2D eigenvalue weighted by atomic mass is 79.9. The summed E-state index contributed by atoms with van der Waals surface area (Å²) in [6.07, 6.45) is 0.586. The van der Waals surface area contributed by atoms with E-state index in [4.69, 9.17) is 9.15 Å². The normalized spacial score (nSPS) is 11.0. The zero-order chi connectivity index (χ0) is 16.8. The van der Waals surface area contributed by atoms with Gasteiger partial charge in [0.05, 0.1) is 13.5 Å². The molecule has 0 aliphatic carbocycles. The number of ether oxygens (including phenoxy) is 1. The number of thioether (sulfide) groups is 1. The van der Waals surface area contributed by atoms with Crippen LogP contribution in [0.25, 0.3) is 5.76 Å². The smallest absolute Gasteiger partial charge is 0.281 e. The van der Waals surface area contributed by atoms with Gasteiger partial charge in [0.25, 0.3) is 5.22 Å². The van der Waals surface area contributed by atoms with Gasteiger partial charge in [0.2, 0.25) is 5.89 Å². The number of nitrogens with zero attached hydrogens (tertiary/aromatic N) is 2. The molecule has 0 amide bonds. The van der Waals surface area contributed by atoms with Gasteiger partial charge in [-0.15, -0.1) is 27.2 Å². The van der Waals surface area contributed by atoms with Gasteiger partial charge >= 0.3 is 0 Å². The Balaban J connectivity index is 0.00000225. The topological polar surface area (TPSA) is 68.4 Å². The van der Waals surface area contributed by atoms with E-state index in [1.165, 1.54) is 11.8 Å². The lowest BCUT2D eigenvalue weighted by molar-refractivity contribution is 0.414. The number of hydrogen-bond acceptors (Lipinski definition) is 6. The van der Waals surface area contributed by atoms with Crippen LogP contribution in [-0.4, -0.2) is 22.4 Å². The summed E-state index contributed by atoms with van der Waals surface area (Å²) >= 11 is 1.18. The van der Waals surface area contributed by atoms with Crippen LogP contribution in [0.1, 0.15) is 17.0 Å². The van der Waals surface area contributed by atoms with Gasteiger partial charge in [0.1, 0.15) is 11.5 Å². The molecule has 1 heterocycles. The standard InChI is InChI=1S/C18H16N2O3S.BrH/c1-22-15-9-7-14(8-10-15)16(21)12-24-18-20-19-17(23-18)11-13-5-3-2-4-6-13;/h2-10,12,21H,11H2,1H3;1H. The second kappa shape index (κ2) is 9.29. The molecule has 1 N–H and O–H groups in total. The van der Waals surface area contributed by atoms with E-state index < -0.39 is 0 Å². The van der Waals surface area contributed by atoms with E-state index in [0.717, 1.165) is 11.3 Å². The second-order valence-corrected chi connectivity index (χ2v) is 5.79. The van der Waals surface area contributed by atoms with Gasteiger partial charge in [-0.05, 0) is 41.6 Å². The van der Waals surface area contributed by atoms with Crippen LogP contribution >= 0.6 is 28.7 Å². The van der Waals surface area contributed by atoms with Crippen molar-refractivity contribution in [2.24, 2.45) is 0 Å². The van der Waals surface area contributed by atoms with Crippen LogP contribution in [0.4, 0.5) is 0 Å². The van der Waals surface area contributed by atoms with E-state index in [1.807, 2.05) is 30.3 Å². The number of rotatable bonds is 6. The molecule has 0 radical (unpaired) electrons. The summed E-state index contributed by atoms with van der Waals surface area (Å²) in [4.78, 5) is 0. The Morgan fingerprint density at radius 2 is 1.84 bits per heavy atom. The molecule has 0 bridgehead atoms. The summed E-state index contributed by atoms with van der Waals surface area (Å²) in [5.74, 6) is 1.41. The monoisotopic (exact) mass is 420 g/mol. The molecule has 2 aromatic carbocycles. The molecular formula is C18H17BrN2O3S. The lowest BCUT2D eigenvalue weighted by Crippen LogP contribution is -1.87. The summed E-state index contributed by atoms with van der Waals surface area (Å²) in [7, 11) is 1.60. The Bertz CT molecular complexity index is 820. The van der Waals surface area contributed by atoms with Crippen molar-refractivity contribution in [2.45, 2.75) is 11.6 Å². The molecule has 3 rings (SSSR count). The van der Waals surface area contributed by atoms with Gasteiger partial charge in [0.15, 0.2) is 0 Å². The molecule has 0 unspecified atom stereocenters. The molecule has 0 saturated carbocycles. The van der Waals surface area contributed by atoms with E-state index in [0.29, 0.717) is 23.1 Å². The summed E-state index contributed by atoms with van der Waals surface area (Å²) in [5, 5.41) is 20.1. The number of halogens is 1. The maximum atomic E-state index is 10.1. The highest BCUT2D eigenvalue weighted by molar-refractivity contribution is 8.93. The molecule has 130 valence electrons. The number of aliphatic hydroxyl groups is 1. The molecule has 3 aromatic rings. The Morgan fingerprint density at radius 1 is 1.12 bits per heavy atom. The third-order valence-electron chi connectivity index (χ3n) is 3.30. The minimum Gasteiger partial charge on any atom is -0.507 e. The predicted octanol–water partition coefficient (Wildman–Crippen LogP) is 4.90. The van der Waals surface area contributed by atoms with Crippen LogP contribution in [-0.2, 0) is 6.42 Å². The summed E-state index contributed by atoms with van der Waals surface area (Å²) in [6, 6.07) is 17.0. The molecule has 0 aliphatic rings. The SMILES string of the molecule is Br.COc1ccc(C(O)=CSc2nnc(Cc3ccccc3)o2)cc1. The zero-order valence-electron chi connectivity index (χ0n) is 13.5. The summed E-state index contributed by atoms with van der Waals surface area (Å²) in [6.45, 7) is 0. The van der Waals surface area contributed by atoms with E-state index in [1.54, 1.807) is 36.8 Å². The molecule has 0 fully saturated rings. The van der Waals surface area contributed by atoms with Crippen molar-refractivity contribution in [3.8, 4) is 5.75 Å². The number of aliphatic hydroxyl groups excluding tert-OH is 1. The first-order valence-electron chi connectivity index (χ1n) is 7.31. The van der Waals surface area contributed by atoms with Crippen LogP contribution < -0.4 is 4.74 Å². The Labute approximate surface area is 160 Å². The van der Waals surface area contributed by atoms with Gasteiger partial charge in [-0.25, -0.2) is 0 Å². The van der Waals surface area contributed by atoms with E-state index >= 15 is 0 Å². The Morgan fingerprint density at radius 3 is 2.52 bits per heavy atom. The quantitative estimate of drug-likeness (QED) is 0.451. The van der Waals surface area contributed by atoms with Crippen LogP contribution in [0.15, 0.2) is 69.6 Å². The van der Waals surface area contributed by atoms with E-state index in [2.05, 4.69) is 10.2 Å². The summed E-state index contributed by atoms with van der Waals surface area (Å²) < 4.78 is 10.7. The number of benzene rings is 2. The molecule has 0 saturated heterocycles. The minimum absolute atomic E-state index is 0. The fraction of sp³-hybridized carbons (Fsp3) is 0.111. The molecular weight excluding hydrogens is 404 g/mol. The minimum atomic E-state index is 0. The van der Waals surface area contributed by atoms with Crippen molar-refractivity contribution in [1.82, 2.24) is 10.2 Å². The number of hydrogen-bond donors (Lipinski definition) is 1. The van der Waals surface area contributed by atoms with Crippen LogP contribution in [0.2, 0.25) is 0 Å². The predicted molar refractivity (Wildman–Crippen MR) is 103 cm³/mol. The first kappa shape index (κ1) is 19.1. The van der Waals surface area contributed by atoms with E-state index in [9.17, 15) is 5.11 Å². The van der Waals surface area contributed by atoms with Crippen LogP contribution in [0.3, 0.4) is 0 Å². The Kier molecular flexibility index (Phi) is 7.09. The van der Waals surface area contributed by atoms with Gasteiger partial charge < -0.3 is 14.3 Å². The average molecular weight is 421 g/mol. The molecule has 7 heteroatoms. The molecule has 0 spiro atoms. The van der Waals surface area contributed by atoms with Crippen LogP contribution in [0, 0.1) is 0 Å². The van der Waals surface area contributed by atoms with Gasteiger partial charge in [-0.3, -0.25) is 0 Å². The molecule has 0 aliphatic heterocycles. The van der Waals surface area contributed by atoms with Crippen molar-refractivity contribution in [3.05, 3.63) is 77.0 Å². The maximum absolute atomic E-state index is 10.1. The van der Waals surface area contributed by atoms with Crippen LogP contribution in [0.5, 0.6) is 5.75 Å². The third kappa shape index (κ3) is 5.37. The van der Waals surface area contributed by atoms with E-state index in [-0.39, 0.29) is 22.7 Å². The largest absolute Gasteiger partial charge is 0.507 e. The fourth-order valence-electron chi connectivity index (χ4n) is 2.06. The van der Waals surface area contributed by atoms with Crippen molar-refractivity contribution < 1.29 is 14.3 Å². The molecule has 5 nitrogen and oxygen atoms in total. The first-order valence-corrected chi connectivity index (χ1v) is 8.19. The maximum Gasteiger partial charge on any atom is 0.281 e. The third-order valence-corrected chi connectivity index (χ3v) is 4.01. The highest BCUT2D eigenvalue weighted by Crippen LogP contribution is 2.24. The molecule has 1 aromatic heterocycles. The highest BCUT2D eigenvalue weighted by Gasteiger charge is 2.07. The van der Waals surface area contributed by atoms with Crippen molar-refractivity contribution in [2.75, 3.05) is 7.11 Å². The number of methoxy groups -OCH3 is 1. The molecule has 0 atom stereocenters. The number of aromatic nitrogens is 2. The van der Waals surface area contributed by atoms with Crippen molar-refractivity contribution in [3.63, 3.8) is 0 Å². The van der Waals surface area contributed by atoms with Gasteiger partial charge in [-0.2, -0.15) is 0 Å². The molecule has 25 heavy (non-hydrogen) atoms. The van der Waals surface area contributed by atoms with Gasteiger partial charge in [0, 0.05) is 11.0 Å².